The fraction of sp³-hybridized carbons (Fsp3) is 0.949. The molecule has 0 aliphatic heterocycles. The summed E-state index contributed by atoms with van der Waals surface area (Å²) < 4.78 is 68.5. The van der Waals surface area contributed by atoms with Gasteiger partial charge in [-0.05, 0) is 49.4 Å². The zero-order chi connectivity index (χ0) is 72.4. The van der Waals surface area contributed by atoms with Crippen LogP contribution < -0.4 is 0 Å². The second-order valence-corrected chi connectivity index (χ2v) is 33.0. The van der Waals surface area contributed by atoms with E-state index >= 15 is 0 Å². The van der Waals surface area contributed by atoms with E-state index in [1.807, 2.05) is 0 Å². The number of unbranched alkanes of at least 4 members (excludes halogenated alkanes) is 41. The van der Waals surface area contributed by atoms with Gasteiger partial charge in [-0.15, -0.1) is 0 Å². The number of phosphoric acid groups is 2. The van der Waals surface area contributed by atoms with Crippen molar-refractivity contribution in [1.82, 2.24) is 0 Å². The minimum atomic E-state index is -4.96. The molecule has 582 valence electrons. The molecule has 0 bridgehead atoms. The van der Waals surface area contributed by atoms with Crippen LogP contribution in [0.2, 0.25) is 0 Å². The van der Waals surface area contributed by atoms with Gasteiger partial charge in [-0.25, -0.2) is 9.13 Å². The molecule has 3 N–H and O–H groups in total. The molecule has 98 heavy (non-hydrogen) atoms. The van der Waals surface area contributed by atoms with E-state index in [1.165, 1.54) is 193 Å². The average molecular weight is 1440 g/mol. The van der Waals surface area contributed by atoms with E-state index in [9.17, 15) is 43.2 Å². The third-order valence-electron chi connectivity index (χ3n) is 18.7. The molecular formula is C79H154O17P2. The van der Waals surface area contributed by atoms with Gasteiger partial charge in [0, 0.05) is 25.7 Å². The number of rotatable bonds is 76. The molecule has 0 aromatic rings. The summed E-state index contributed by atoms with van der Waals surface area (Å²) in [7, 11) is -9.92. The standard InChI is InChI=1S/C79H154O17P2/c1-9-72(8)58-50-42-36-38-44-52-60-77(82)90-66-75(96-79(84)62-54-46-34-30-26-22-18-14-16-20-24-28-32-40-48-56-70(4)5)68-94-98(87,88)92-64-73(80)63-91-97(85,86)93-67-74(65-89-76(81)59-51-43-37-35-41-49-57-71(6)7)95-78(83)61-53-45-33-29-25-21-17-13-11-10-12-15-19-23-27-31-39-47-55-69(2)3/h69-75,80H,9-68H2,1-8H3,(H,85,86)(H,87,88)/t72?,73-,74-,75-/m1/s1. The second kappa shape index (κ2) is 68.2. The minimum absolute atomic E-state index is 0.106. The number of esters is 4. The molecule has 0 spiro atoms. The zero-order valence-electron chi connectivity index (χ0n) is 64.4. The number of hydrogen-bond donors (Lipinski definition) is 3. The van der Waals surface area contributed by atoms with Gasteiger partial charge in [0.25, 0.3) is 0 Å². The highest BCUT2D eigenvalue weighted by molar-refractivity contribution is 7.47. The normalized spacial score (nSPS) is 14.3. The maximum atomic E-state index is 13.1. The number of hydrogen-bond acceptors (Lipinski definition) is 15. The number of ether oxygens (including phenoxy) is 4. The van der Waals surface area contributed by atoms with E-state index in [0.29, 0.717) is 31.6 Å². The van der Waals surface area contributed by atoms with Crippen LogP contribution >= 0.6 is 15.6 Å². The Morgan fingerprint density at radius 2 is 0.490 bits per heavy atom. The summed E-state index contributed by atoms with van der Waals surface area (Å²) in [5, 5.41) is 10.6. The summed E-state index contributed by atoms with van der Waals surface area (Å²) >= 11 is 0. The Morgan fingerprint density at radius 3 is 0.724 bits per heavy atom. The summed E-state index contributed by atoms with van der Waals surface area (Å²) in [6.07, 6.45) is 54.5. The molecule has 0 aliphatic rings. The van der Waals surface area contributed by atoms with Gasteiger partial charge in [-0.3, -0.25) is 37.3 Å². The van der Waals surface area contributed by atoms with Crippen molar-refractivity contribution in [2.45, 2.75) is 420 Å². The van der Waals surface area contributed by atoms with E-state index < -0.39 is 97.5 Å². The SMILES string of the molecule is CCC(C)CCCCCCCCC(=O)OC[C@H](COP(=O)(O)OC[C@H](O)COP(=O)(O)OC[C@@H](COC(=O)CCCCCCCCC(C)C)OC(=O)CCCCCCCCCCCCCCCCCCCCC(C)C)OC(=O)CCCCCCCCCCCCCCCCCC(C)C. The molecule has 0 rings (SSSR count). The molecule has 19 heteroatoms. The lowest BCUT2D eigenvalue weighted by Gasteiger charge is -2.21. The Bertz CT molecular complexity index is 1920. The summed E-state index contributed by atoms with van der Waals surface area (Å²) in [6, 6.07) is 0. The van der Waals surface area contributed by atoms with Crippen LogP contribution in [0.25, 0.3) is 0 Å². The Morgan fingerprint density at radius 1 is 0.286 bits per heavy atom. The molecule has 0 aromatic heterocycles. The van der Waals surface area contributed by atoms with Crippen molar-refractivity contribution in [3.05, 3.63) is 0 Å². The van der Waals surface area contributed by atoms with E-state index in [1.54, 1.807) is 0 Å². The smallest absolute Gasteiger partial charge is 0.462 e. The molecule has 0 radical (unpaired) electrons. The van der Waals surface area contributed by atoms with E-state index in [4.69, 9.17) is 37.0 Å². The summed E-state index contributed by atoms with van der Waals surface area (Å²) in [4.78, 5) is 72.8. The maximum absolute atomic E-state index is 13.1. The zero-order valence-corrected chi connectivity index (χ0v) is 66.2. The first-order valence-corrected chi connectivity index (χ1v) is 43.7. The first-order valence-electron chi connectivity index (χ1n) is 40.7. The van der Waals surface area contributed by atoms with Crippen molar-refractivity contribution in [3.63, 3.8) is 0 Å². The van der Waals surface area contributed by atoms with Crippen molar-refractivity contribution in [2.75, 3.05) is 39.6 Å². The predicted octanol–water partition coefficient (Wildman–Crippen LogP) is 23.2. The molecule has 0 aromatic carbocycles. The van der Waals surface area contributed by atoms with Crippen LogP contribution in [0.15, 0.2) is 0 Å². The Balaban J connectivity index is 5.15. The van der Waals surface area contributed by atoms with Crippen molar-refractivity contribution >= 4 is 39.5 Å². The van der Waals surface area contributed by atoms with E-state index in [2.05, 4.69) is 55.4 Å². The fourth-order valence-corrected chi connectivity index (χ4v) is 13.6. The van der Waals surface area contributed by atoms with Crippen LogP contribution in [-0.4, -0.2) is 96.7 Å². The van der Waals surface area contributed by atoms with Crippen LogP contribution in [-0.2, 0) is 65.4 Å². The fourth-order valence-electron chi connectivity index (χ4n) is 12.0. The molecule has 0 aliphatic carbocycles. The molecule has 0 fully saturated rings. The lowest BCUT2D eigenvalue weighted by Crippen LogP contribution is -2.30. The lowest BCUT2D eigenvalue weighted by molar-refractivity contribution is -0.161. The van der Waals surface area contributed by atoms with Crippen LogP contribution in [0.5, 0.6) is 0 Å². The van der Waals surface area contributed by atoms with E-state index in [-0.39, 0.29) is 25.7 Å². The molecule has 0 saturated heterocycles. The molecular weight excluding hydrogens is 1280 g/mol. The monoisotopic (exact) mass is 1440 g/mol. The minimum Gasteiger partial charge on any atom is -0.462 e. The molecule has 0 amide bonds. The highest BCUT2D eigenvalue weighted by Gasteiger charge is 2.30. The van der Waals surface area contributed by atoms with Crippen molar-refractivity contribution in [1.29, 1.82) is 0 Å². The average Bonchev–Trinajstić information content (AvgIpc) is 1.01. The highest BCUT2D eigenvalue weighted by Crippen LogP contribution is 2.45. The van der Waals surface area contributed by atoms with Crippen LogP contribution in [0.3, 0.4) is 0 Å². The Hall–Kier alpha value is -1.94. The van der Waals surface area contributed by atoms with Crippen LogP contribution in [0.1, 0.15) is 402 Å². The van der Waals surface area contributed by atoms with Gasteiger partial charge in [0.2, 0.25) is 0 Å². The molecule has 6 atom stereocenters. The Labute approximate surface area is 600 Å². The lowest BCUT2D eigenvalue weighted by atomic mass is 10.00. The van der Waals surface area contributed by atoms with Crippen LogP contribution in [0.4, 0.5) is 0 Å². The molecule has 0 heterocycles. The van der Waals surface area contributed by atoms with Crippen molar-refractivity contribution < 1.29 is 80.2 Å². The third kappa shape index (κ3) is 71.1. The van der Waals surface area contributed by atoms with Gasteiger partial charge in [-0.1, -0.05) is 351 Å². The third-order valence-corrected chi connectivity index (χ3v) is 20.6. The molecule has 3 unspecified atom stereocenters. The maximum Gasteiger partial charge on any atom is 0.472 e. The molecule has 0 saturated carbocycles. The largest absolute Gasteiger partial charge is 0.472 e. The van der Waals surface area contributed by atoms with Crippen LogP contribution in [0, 0.1) is 23.7 Å². The topological polar surface area (TPSA) is 237 Å². The predicted molar refractivity (Wildman–Crippen MR) is 400 cm³/mol. The van der Waals surface area contributed by atoms with Crippen molar-refractivity contribution in [3.8, 4) is 0 Å². The van der Waals surface area contributed by atoms with Gasteiger partial charge < -0.3 is 33.8 Å². The summed E-state index contributed by atoms with van der Waals surface area (Å²) in [5.41, 5.74) is 0. The number of carbonyl (C=O) groups excluding carboxylic acids is 4. The highest BCUT2D eigenvalue weighted by atomic mass is 31.2. The van der Waals surface area contributed by atoms with Gasteiger partial charge in [0.05, 0.1) is 26.4 Å². The van der Waals surface area contributed by atoms with Crippen molar-refractivity contribution in [2.24, 2.45) is 23.7 Å². The quantitative estimate of drug-likeness (QED) is 0.0222. The van der Waals surface area contributed by atoms with Gasteiger partial charge in [-0.2, -0.15) is 0 Å². The first-order chi connectivity index (χ1) is 47.1. The number of carbonyl (C=O) groups is 4. The number of aliphatic hydroxyl groups excluding tert-OH is 1. The number of phosphoric ester groups is 2. The summed E-state index contributed by atoms with van der Waals surface area (Å²) in [6.45, 7) is 14.2. The Kier molecular flexibility index (Phi) is 66.8. The second-order valence-electron chi connectivity index (χ2n) is 30.1. The van der Waals surface area contributed by atoms with Gasteiger partial charge in [0.15, 0.2) is 12.2 Å². The van der Waals surface area contributed by atoms with Gasteiger partial charge in [0.1, 0.15) is 19.3 Å². The number of aliphatic hydroxyl groups is 1. The molecule has 17 nitrogen and oxygen atoms in total. The van der Waals surface area contributed by atoms with E-state index in [0.717, 1.165) is 120 Å². The van der Waals surface area contributed by atoms with Gasteiger partial charge >= 0.3 is 39.5 Å². The first kappa shape index (κ1) is 96.1. The summed E-state index contributed by atoms with van der Waals surface area (Å²) in [5.74, 6) is 0.912.